The van der Waals surface area contributed by atoms with Crippen molar-refractivity contribution >= 4 is 34.5 Å². The van der Waals surface area contributed by atoms with Crippen molar-refractivity contribution in [3.63, 3.8) is 0 Å². The summed E-state index contributed by atoms with van der Waals surface area (Å²) >= 11 is 0. The molecule has 38 heavy (non-hydrogen) atoms. The molecule has 1 aromatic heterocycles. The third kappa shape index (κ3) is 4.45. The smallest absolute Gasteiger partial charge is 0.271 e. The average molecular weight is 513 g/mol. The summed E-state index contributed by atoms with van der Waals surface area (Å²) in [7, 11) is 1.86. The van der Waals surface area contributed by atoms with Crippen LogP contribution in [0.15, 0.2) is 67.1 Å². The molecular formula is C28H28N6O4. The van der Waals surface area contributed by atoms with Crippen LogP contribution in [0, 0.1) is 0 Å². The van der Waals surface area contributed by atoms with Gasteiger partial charge in [-0.1, -0.05) is 31.4 Å². The van der Waals surface area contributed by atoms with E-state index in [0.717, 1.165) is 27.6 Å². The Bertz CT molecular complexity index is 1530. The van der Waals surface area contributed by atoms with E-state index in [1.807, 2.05) is 43.6 Å². The summed E-state index contributed by atoms with van der Waals surface area (Å²) in [5, 5.41) is 7.89. The number of rotatable bonds is 5. The number of fused-ring (bicyclic) bond motifs is 2. The van der Waals surface area contributed by atoms with Crippen molar-refractivity contribution in [1.29, 1.82) is 0 Å². The Hall–Kier alpha value is -4.73. The average Bonchev–Trinajstić information content (AvgIpc) is 3.45. The number of amides is 4. The zero-order chi connectivity index (χ0) is 27.1. The van der Waals surface area contributed by atoms with Crippen molar-refractivity contribution in [2.45, 2.75) is 13.5 Å². The lowest BCUT2D eigenvalue weighted by Crippen LogP contribution is -2.51. The Kier molecular flexibility index (Phi) is 6.31. The third-order valence-electron chi connectivity index (χ3n) is 7.02. The normalized spacial score (nSPS) is 15.0. The second-order valence-corrected chi connectivity index (χ2v) is 9.48. The second kappa shape index (κ2) is 9.62. The Balaban J connectivity index is 1.28. The zero-order valence-electron chi connectivity index (χ0n) is 21.4. The molecule has 0 spiro atoms. The Labute approximate surface area is 219 Å². The quantitative estimate of drug-likeness (QED) is 0.527. The summed E-state index contributed by atoms with van der Waals surface area (Å²) in [5.74, 6) is -1.48. The van der Waals surface area contributed by atoms with Gasteiger partial charge in [-0.2, -0.15) is 5.10 Å². The summed E-state index contributed by atoms with van der Waals surface area (Å²) in [6.45, 7) is 10.8. The first-order chi connectivity index (χ1) is 18.1. The van der Waals surface area contributed by atoms with Gasteiger partial charge in [0.1, 0.15) is 5.70 Å². The predicted molar refractivity (Wildman–Crippen MR) is 141 cm³/mol. The number of hydrogen-bond acceptors (Lipinski definition) is 5. The summed E-state index contributed by atoms with van der Waals surface area (Å²) < 4.78 is 1.75. The molecule has 0 atom stereocenters. The fraction of sp³-hybridized carbons (Fsp3) is 0.250. The van der Waals surface area contributed by atoms with Gasteiger partial charge in [-0.05, 0) is 34.9 Å². The fourth-order valence-corrected chi connectivity index (χ4v) is 4.94. The molecule has 0 saturated carbocycles. The number of piperazine rings is 1. The van der Waals surface area contributed by atoms with Gasteiger partial charge in [-0.3, -0.25) is 28.8 Å². The van der Waals surface area contributed by atoms with E-state index in [1.54, 1.807) is 15.6 Å². The molecule has 5 rings (SSSR count). The maximum absolute atomic E-state index is 13.2. The molecule has 10 nitrogen and oxygen atoms in total. The fourth-order valence-electron chi connectivity index (χ4n) is 4.94. The lowest BCUT2D eigenvalue weighted by molar-refractivity contribution is -0.136. The van der Waals surface area contributed by atoms with Crippen molar-refractivity contribution in [3.8, 4) is 11.1 Å². The number of nitrogens with zero attached hydrogens (tertiary/aromatic N) is 5. The molecule has 0 bridgehead atoms. The molecular weight excluding hydrogens is 484 g/mol. The molecule has 194 valence electrons. The number of carbonyl (C=O) groups is 4. The van der Waals surface area contributed by atoms with E-state index in [-0.39, 0.29) is 29.8 Å². The van der Waals surface area contributed by atoms with E-state index in [9.17, 15) is 19.2 Å². The number of carbonyl (C=O) groups excluding carboxylic acids is 4. The van der Waals surface area contributed by atoms with Gasteiger partial charge >= 0.3 is 0 Å². The van der Waals surface area contributed by atoms with Crippen LogP contribution in [0.25, 0.3) is 22.0 Å². The van der Waals surface area contributed by atoms with Crippen molar-refractivity contribution in [2.24, 2.45) is 7.05 Å². The molecule has 2 aliphatic heterocycles. The van der Waals surface area contributed by atoms with E-state index in [1.165, 1.54) is 16.7 Å². The highest BCUT2D eigenvalue weighted by Crippen LogP contribution is 2.35. The molecule has 1 fully saturated rings. The first-order valence-corrected chi connectivity index (χ1v) is 12.3. The van der Waals surface area contributed by atoms with Gasteiger partial charge in [-0.25, -0.2) is 0 Å². The van der Waals surface area contributed by atoms with E-state index in [4.69, 9.17) is 0 Å². The lowest BCUT2D eigenvalue weighted by Gasteiger charge is -2.34. The highest BCUT2D eigenvalue weighted by molar-refractivity contribution is 6.08. The standard InChI is InChI=1S/C28H28N6O4/c1-17(27(37)33-12-10-32(11-13-33)19(3)35)29-26(36)18(2)34-16-24-22(6-5-7-23(24)28(34)38)20-8-9-25-21(14-20)15-31(4)30-25/h5-9,14-15H,1-2,10-13,16H2,3-4H3,(H,29,36). The molecule has 3 heterocycles. The van der Waals surface area contributed by atoms with Gasteiger partial charge in [0, 0.05) is 57.3 Å². The number of aryl methyl sites for hydroxylation is 1. The molecule has 2 aliphatic rings. The molecule has 3 aromatic rings. The molecule has 0 aliphatic carbocycles. The van der Waals surface area contributed by atoms with Gasteiger partial charge in [0.2, 0.25) is 5.91 Å². The molecule has 10 heteroatoms. The van der Waals surface area contributed by atoms with Crippen molar-refractivity contribution in [3.05, 3.63) is 78.3 Å². The Morgan fingerprint density at radius 3 is 2.37 bits per heavy atom. The highest BCUT2D eigenvalue weighted by atomic mass is 16.2. The van der Waals surface area contributed by atoms with Gasteiger partial charge in [0.05, 0.1) is 17.8 Å². The van der Waals surface area contributed by atoms with Crippen LogP contribution in [0.2, 0.25) is 0 Å². The predicted octanol–water partition coefficient (Wildman–Crippen LogP) is 2.03. The third-order valence-corrected chi connectivity index (χ3v) is 7.02. The van der Waals surface area contributed by atoms with Crippen molar-refractivity contribution in [2.75, 3.05) is 26.2 Å². The maximum Gasteiger partial charge on any atom is 0.271 e. The van der Waals surface area contributed by atoms with E-state index in [2.05, 4.69) is 23.6 Å². The van der Waals surface area contributed by atoms with Crippen molar-refractivity contribution in [1.82, 2.24) is 29.8 Å². The second-order valence-electron chi connectivity index (χ2n) is 9.48. The van der Waals surface area contributed by atoms with Gasteiger partial charge in [0.15, 0.2) is 0 Å². The topological polar surface area (TPSA) is 108 Å². The summed E-state index contributed by atoms with van der Waals surface area (Å²) in [6.07, 6.45) is 1.93. The highest BCUT2D eigenvalue weighted by Gasteiger charge is 2.34. The zero-order valence-corrected chi connectivity index (χ0v) is 21.4. The number of benzene rings is 2. The summed E-state index contributed by atoms with van der Waals surface area (Å²) in [6, 6.07) is 11.4. The Morgan fingerprint density at radius 2 is 1.66 bits per heavy atom. The number of aromatic nitrogens is 2. The first-order valence-electron chi connectivity index (χ1n) is 12.3. The van der Waals surface area contributed by atoms with E-state index < -0.39 is 11.8 Å². The molecule has 1 N–H and O–H groups in total. The molecule has 0 unspecified atom stereocenters. The monoisotopic (exact) mass is 512 g/mol. The molecule has 4 amide bonds. The molecule has 1 saturated heterocycles. The summed E-state index contributed by atoms with van der Waals surface area (Å²) in [5.41, 5.74) is 3.82. The van der Waals surface area contributed by atoms with Crippen LogP contribution in [-0.4, -0.2) is 74.3 Å². The van der Waals surface area contributed by atoms with Crippen LogP contribution in [-0.2, 0) is 28.0 Å². The number of hydrogen-bond donors (Lipinski definition) is 1. The minimum Gasteiger partial charge on any atom is -0.339 e. The molecule has 2 aromatic carbocycles. The van der Waals surface area contributed by atoms with Crippen LogP contribution < -0.4 is 5.32 Å². The lowest BCUT2D eigenvalue weighted by atomic mass is 9.96. The van der Waals surface area contributed by atoms with Gasteiger partial charge < -0.3 is 15.1 Å². The van der Waals surface area contributed by atoms with E-state index in [0.29, 0.717) is 31.7 Å². The van der Waals surface area contributed by atoms with Gasteiger partial charge in [0.25, 0.3) is 17.7 Å². The minimum atomic E-state index is -0.676. The summed E-state index contributed by atoms with van der Waals surface area (Å²) in [4.78, 5) is 55.0. The van der Waals surface area contributed by atoms with Gasteiger partial charge in [-0.15, -0.1) is 0 Å². The SMILES string of the molecule is C=C(NC(=O)C(=C)N1Cc2c(cccc2-c2ccc3nn(C)cc3c2)C1=O)C(=O)N1CCN(C(C)=O)CC1. The minimum absolute atomic E-state index is 0.0439. The van der Waals surface area contributed by atoms with E-state index >= 15 is 0 Å². The Morgan fingerprint density at radius 1 is 0.974 bits per heavy atom. The number of nitrogens with one attached hydrogen (secondary N) is 1. The largest absolute Gasteiger partial charge is 0.339 e. The van der Waals surface area contributed by atoms with Crippen LogP contribution in [0.5, 0.6) is 0 Å². The first kappa shape index (κ1) is 24.9. The van der Waals surface area contributed by atoms with Crippen molar-refractivity contribution < 1.29 is 19.2 Å². The van der Waals surface area contributed by atoms with Crippen LogP contribution >= 0.6 is 0 Å². The van der Waals surface area contributed by atoms with Crippen LogP contribution in [0.4, 0.5) is 0 Å². The van der Waals surface area contributed by atoms with Crippen LogP contribution in [0.3, 0.4) is 0 Å². The molecule has 0 radical (unpaired) electrons. The van der Waals surface area contributed by atoms with Crippen LogP contribution in [0.1, 0.15) is 22.8 Å². The maximum atomic E-state index is 13.2.